The van der Waals surface area contributed by atoms with Gasteiger partial charge in [0.05, 0.1) is 4.90 Å². The zero-order valence-corrected chi connectivity index (χ0v) is 15.9. The molecule has 6 heteroatoms. The fourth-order valence-corrected chi connectivity index (χ4v) is 4.61. The number of nitrogens with one attached hydrogen (secondary N) is 2. The molecular weight excluding hydrogens is 348 g/mol. The maximum Gasteiger partial charge on any atom is 0.240 e. The van der Waals surface area contributed by atoms with Crippen molar-refractivity contribution in [3.05, 3.63) is 58.7 Å². The summed E-state index contributed by atoms with van der Waals surface area (Å²) in [6.07, 6.45) is 3.40. The van der Waals surface area contributed by atoms with Gasteiger partial charge in [-0.3, -0.25) is 4.79 Å². The first kappa shape index (κ1) is 18.6. The zero-order chi connectivity index (χ0) is 18.7. The van der Waals surface area contributed by atoms with E-state index in [1.54, 1.807) is 19.1 Å². The first-order valence-electron chi connectivity index (χ1n) is 8.84. The van der Waals surface area contributed by atoms with E-state index in [0.29, 0.717) is 5.56 Å². The van der Waals surface area contributed by atoms with Crippen LogP contribution in [0.25, 0.3) is 0 Å². The summed E-state index contributed by atoms with van der Waals surface area (Å²) in [6, 6.07) is 11.2. The van der Waals surface area contributed by atoms with Crippen LogP contribution >= 0.6 is 0 Å². The Balaban J connectivity index is 1.54. The summed E-state index contributed by atoms with van der Waals surface area (Å²) < 4.78 is 27.3. The molecule has 5 nitrogen and oxygen atoms in total. The lowest BCUT2D eigenvalue weighted by atomic mass is 10.1. The number of aryl methyl sites for hydroxylation is 4. The molecule has 1 aliphatic rings. The highest BCUT2D eigenvalue weighted by Gasteiger charge is 2.17. The molecule has 0 unspecified atom stereocenters. The number of hydrogen-bond donors (Lipinski definition) is 2. The predicted molar refractivity (Wildman–Crippen MR) is 103 cm³/mol. The van der Waals surface area contributed by atoms with E-state index in [9.17, 15) is 13.2 Å². The van der Waals surface area contributed by atoms with Gasteiger partial charge in [-0.1, -0.05) is 23.8 Å². The van der Waals surface area contributed by atoms with Gasteiger partial charge in [0.1, 0.15) is 0 Å². The average Bonchev–Trinajstić information content (AvgIpc) is 3.01. The van der Waals surface area contributed by atoms with E-state index in [1.807, 2.05) is 25.1 Å². The van der Waals surface area contributed by atoms with Crippen LogP contribution in [0.3, 0.4) is 0 Å². The third-order valence-corrected chi connectivity index (χ3v) is 6.27. The van der Waals surface area contributed by atoms with Crippen molar-refractivity contribution in [1.82, 2.24) is 4.72 Å². The summed E-state index contributed by atoms with van der Waals surface area (Å²) in [5.74, 6) is -0.203. The fraction of sp³-hybridized carbons (Fsp3) is 0.350. The Bertz CT molecular complexity index is 936. The lowest BCUT2D eigenvalue weighted by molar-refractivity contribution is -0.116. The Morgan fingerprint density at radius 2 is 1.81 bits per heavy atom. The van der Waals surface area contributed by atoms with Crippen molar-refractivity contribution >= 4 is 21.6 Å². The van der Waals surface area contributed by atoms with Crippen molar-refractivity contribution in [2.45, 2.75) is 44.4 Å². The number of amides is 1. The number of anilines is 1. The molecule has 0 saturated carbocycles. The predicted octanol–water partition coefficient (Wildman–Crippen LogP) is 3.10. The second kappa shape index (κ2) is 7.60. The highest BCUT2D eigenvalue weighted by atomic mass is 32.2. The van der Waals surface area contributed by atoms with Crippen molar-refractivity contribution in [2.75, 3.05) is 11.9 Å². The standard InChI is InChI=1S/C20H24N2O3S/c1-14-6-9-19(15(2)12-14)26(24,25)21-11-10-20(23)22-18-8-7-16-4-3-5-17(16)13-18/h6-9,12-13,21H,3-5,10-11H2,1-2H3,(H,22,23). The number of hydrogen-bond acceptors (Lipinski definition) is 3. The molecule has 3 rings (SSSR count). The second-order valence-electron chi connectivity index (χ2n) is 6.80. The lowest BCUT2D eigenvalue weighted by Gasteiger charge is -2.10. The van der Waals surface area contributed by atoms with Crippen molar-refractivity contribution in [3.63, 3.8) is 0 Å². The van der Waals surface area contributed by atoms with E-state index in [4.69, 9.17) is 0 Å². The van der Waals surface area contributed by atoms with Crippen LogP contribution in [0.1, 0.15) is 35.1 Å². The van der Waals surface area contributed by atoms with Crippen LogP contribution in [0, 0.1) is 13.8 Å². The fourth-order valence-electron chi connectivity index (χ4n) is 3.35. The minimum atomic E-state index is -3.61. The summed E-state index contributed by atoms with van der Waals surface area (Å²) in [4.78, 5) is 12.4. The van der Waals surface area contributed by atoms with Crippen molar-refractivity contribution in [2.24, 2.45) is 0 Å². The van der Waals surface area contributed by atoms with Crippen LogP contribution in [0.15, 0.2) is 41.3 Å². The van der Waals surface area contributed by atoms with Gasteiger partial charge in [0.2, 0.25) is 15.9 Å². The van der Waals surface area contributed by atoms with E-state index in [1.165, 1.54) is 11.1 Å². The van der Waals surface area contributed by atoms with Crippen LogP contribution in [0.5, 0.6) is 0 Å². The Morgan fingerprint density at radius 1 is 1.04 bits per heavy atom. The van der Waals surface area contributed by atoms with Gasteiger partial charge in [-0.05, 0) is 68.0 Å². The van der Waals surface area contributed by atoms with E-state index in [0.717, 1.165) is 30.5 Å². The monoisotopic (exact) mass is 372 g/mol. The summed E-state index contributed by atoms with van der Waals surface area (Å²) >= 11 is 0. The summed E-state index contributed by atoms with van der Waals surface area (Å²) in [6.45, 7) is 3.74. The molecule has 0 bridgehead atoms. The average molecular weight is 372 g/mol. The molecule has 2 aromatic rings. The Hall–Kier alpha value is -2.18. The molecular formula is C20H24N2O3S. The van der Waals surface area contributed by atoms with Gasteiger partial charge >= 0.3 is 0 Å². The van der Waals surface area contributed by atoms with Crippen LogP contribution in [0.2, 0.25) is 0 Å². The van der Waals surface area contributed by atoms with E-state index >= 15 is 0 Å². The van der Waals surface area contributed by atoms with Gasteiger partial charge in [-0.25, -0.2) is 13.1 Å². The third-order valence-electron chi connectivity index (χ3n) is 4.65. The van der Waals surface area contributed by atoms with Gasteiger partial charge in [-0.15, -0.1) is 0 Å². The smallest absolute Gasteiger partial charge is 0.240 e. The molecule has 0 saturated heterocycles. The Kier molecular flexibility index (Phi) is 5.44. The first-order valence-corrected chi connectivity index (χ1v) is 10.3. The zero-order valence-electron chi connectivity index (χ0n) is 15.1. The number of benzene rings is 2. The Morgan fingerprint density at radius 3 is 2.58 bits per heavy atom. The number of carbonyl (C=O) groups is 1. The molecule has 0 radical (unpaired) electrons. The summed E-state index contributed by atoms with van der Waals surface area (Å²) in [7, 11) is -3.61. The van der Waals surface area contributed by atoms with Gasteiger partial charge < -0.3 is 5.32 Å². The molecule has 0 fully saturated rings. The molecule has 0 heterocycles. The van der Waals surface area contributed by atoms with Crippen LogP contribution < -0.4 is 10.0 Å². The molecule has 0 atom stereocenters. The molecule has 2 N–H and O–H groups in total. The molecule has 1 aliphatic carbocycles. The van der Waals surface area contributed by atoms with Crippen molar-refractivity contribution in [1.29, 1.82) is 0 Å². The third kappa shape index (κ3) is 4.31. The quantitative estimate of drug-likeness (QED) is 0.818. The van der Waals surface area contributed by atoms with Gasteiger partial charge in [0.25, 0.3) is 0 Å². The van der Waals surface area contributed by atoms with Crippen molar-refractivity contribution < 1.29 is 13.2 Å². The highest BCUT2D eigenvalue weighted by molar-refractivity contribution is 7.89. The van der Waals surface area contributed by atoms with Crippen LogP contribution in [0.4, 0.5) is 5.69 Å². The number of carbonyl (C=O) groups excluding carboxylic acids is 1. The van der Waals surface area contributed by atoms with Gasteiger partial charge in [-0.2, -0.15) is 0 Å². The molecule has 0 aromatic heterocycles. The number of rotatable bonds is 6. The lowest BCUT2D eigenvalue weighted by Crippen LogP contribution is -2.28. The Labute approximate surface area is 154 Å². The molecule has 1 amide bonds. The minimum Gasteiger partial charge on any atom is -0.326 e. The summed E-state index contributed by atoms with van der Waals surface area (Å²) in [5.41, 5.74) is 5.12. The van der Waals surface area contributed by atoms with Crippen LogP contribution in [-0.2, 0) is 27.7 Å². The topological polar surface area (TPSA) is 75.3 Å². The van der Waals surface area contributed by atoms with Gasteiger partial charge in [0, 0.05) is 18.7 Å². The maximum absolute atomic E-state index is 12.4. The maximum atomic E-state index is 12.4. The normalized spacial score (nSPS) is 13.5. The van der Waals surface area contributed by atoms with Crippen LogP contribution in [-0.4, -0.2) is 20.9 Å². The van der Waals surface area contributed by atoms with E-state index in [2.05, 4.69) is 16.1 Å². The number of fused-ring (bicyclic) bond motifs is 1. The minimum absolute atomic E-state index is 0.0619. The molecule has 26 heavy (non-hydrogen) atoms. The second-order valence-corrected chi connectivity index (χ2v) is 8.54. The van der Waals surface area contributed by atoms with Gasteiger partial charge in [0.15, 0.2) is 0 Å². The molecule has 0 aliphatic heterocycles. The number of sulfonamides is 1. The molecule has 138 valence electrons. The largest absolute Gasteiger partial charge is 0.326 e. The first-order chi connectivity index (χ1) is 12.3. The van der Waals surface area contributed by atoms with E-state index < -0.39 is 10.0 Å². The highest BCUT2D eigenvalue weighted by Crippen LogP contribution is 2.25. The van der Waals surface area contributed by atoms with Crippen molar-refractivity contribution in [3.8, 4) is 0 Å². The molecule has 2 aromatic carbocycles. The van der Waals surface area contributed by atoms with E-state index in [-0.39, 0.29) is 23.8 Å². The summed E-state index contributed by atoms with van der Waals surface area (Å²) in [5, 5.41) is 2.84. The SMILES string of the molecule is Cc1ccc(S(=O)(=O)NCCC(=O)Nc2ccc3c(c2)CCC3)c(C)c1. The molecule has 0 spiro atoms.